The number of rotatable bonds is 4. The van der Waals surface area contributed by atoms with Crippen LogP contribution in [0.2, 0.25) is 0 Å². The molecule has 1 unspecified atom stereocenters. The summed E-state index contributed by atoms with van der Waals surface area (Å²) in [6.07, 6.45) is 0.229. The predicted molar refractivity (Wildman–Crippen MR) is 65.3 cm³/mol. The van der Waals surface area contributed by atoms with Gasteiger partial charge >= 0.3 is 11.9 Å². The number of carbonyl (C=O) groups excluding carboxylic acids is 2. The molecule has 0 amide bonds. The van der Waals surface area contributed by atoms with Crippen molar-refractivity contribution in [1.29, 1.82) is 0 Å². The Hall–Kier alpha value is -1.82. The summed E-state index contributed by atoms with van der Waals surface area (Å²) in [6, 6.07) is -0.799. The van der Waals surface area contributed by atoms with Crippen molar-refractivity contribution in [3.05, 3.63) is 22.5 Å². The molecule has 1 atom stereocenters. The number of methoxy groups -OCH3 is 2. The second-order valence-electron chi connectivity index (χ2n) is 4.05. The Balaban J connectivity index is 3.08. The van der Waals surface area contributed by atoms with Gasteiger partial charge in [0.15, 0.2) is 0 Å². The largest absolute Gasteiger partial charge is 0.468 e. The average molecular weight is 254 g/mol. The molecule has 6 heteroatoms. The van der Waals surface area contributed by atoms with Crippen LogP contribution >= 0.6 is 0 Å². The third-order valence-electron chi connectivity index (χ3n) is 2.82. The van der Waals surface area contributed by atoms with Crippen molar-refractivity contribution in [3.8, 4) is 0 Å². The Morgan fingerprint density at radius 1 is 1.22 bits per heavy atom. The fourth-order valence-corrected chi connectivity index (χ4v) is 1.92. The minimum atomic E-state index is -0.799. The number of esters is 2. The second-order valence-corrected chi connectivity index (χ2v) is 4.05. The zero-order valence-corrected chi connectivity index (χ0v) is 11.0. The first kappa shape index (κ1) is 14.2. The van der Waals surface area contributed by atoms with E-state index in [1.54, 1.807) is 6.92 Å². The molecule has 0 aliphatic rings. The minimum Gasteiger partial charge on any atom is -0.468 e. The van der Waals surface area contributed by atoms with Crippen molar-refractivity contribution in [3.63, 3.8) is 0 Å². The summed E-state index contributed by atoms with van der Waals surface area (Å²) in [7, 11) is 2.59. The van der Waals surface area contributed by atoms with Gasteiger partial charge in [-0.3, -0.25) is 4.79 Å². The maximum atomic E-state index is 11.7. The van der Waals surface area contributed by atoms with Crippen LogP contribution in [0.3, 0.4) is 0 Å². The monoisotopic (exact) mass is 254 g/mol. The van der Waals surface area contributed by atoms with E-state index in [0.29, 0.717) is 16.8 Å². The van der Waals surface area contributed by atoms with E-state index in [9.17, 15) is 9.59 Å². The summed E-state index contributed by atoms with van der Waals surface area (Å²) in [6.45, 7) is 3.59. The fourth-order valence-electron chi connectivity index (χ4n) is 1.92. The Kier molecular flexibility index (Phi) is 4.49. The highest BCUT2D eigenvalue weighted by Gasteiger charge is 2.24. The van der Waals surface area contributed by atoms with Crippen molar-refractivity contribution in [2.24, 2.45) is 5.73 Å². The first-order valence-electron chi connectivity index (χ1n) is 5.52. The molecule has 1 aromatic rings. The minimum absolute atomic E-state index is 0.229. The van der Waals surface area contributed by atoms with Gasteiger partial charge in [0.05, 0.1) is 19.8 Å². The van der Waals surface area contributed by atoms with Gasteiger partial charge in [-0.2, -0.15) is 0 Å². The van der Waals surface area contributed by atoms with Gasteiger partial charge in [-0.25, -0.2) is 4.79 Å². The molecular weight excluding hydrogens is 236 g/mol. The molecule has 0 aromatic carbocycles. The number of aromatic amines is 1. The molecule has 1 rings (SSSR count). The molecule has 0 fully saturated rings. The molecule has 1 aromatic heterocycles. The molecule has 0 bridgehead atoms. The molecule has 18 heavy (non-hydrogen) atoms. The number of hydrogen-bond acceptors (Lipinski definition) is 5. The molecule has 0 aliphatic heterocycles. The lowest BCUT2D eigenvalue weighted by Gasteiger charge is -2.10. The highest BCUT2D eigenvalue weighted by molar-refractivity contribution is 5.93. The summed E-state index contributed by atoms with van der Waals surface area (Å²) in [5.41, 5.74) is 8.34. The molecule has 0 saturated carbocycles. The van der Waals surface area contributed by atoms with E-state index in [0.717, 1.165) is 5.69 Å². The van der Waals surface area contributed by atoms with Crippen LogP contribution in [0.25, 0.3) is 0 Å². The number of nitrogens with two attached hydrogens (primary N) is 1. The Labute approximate surface area is 105 Å². The van der Waals surface area contributed by atoms with E-state index in [2.05, 4.69) is 9.72 Å². The van der Waals surface area contributed by atoms with Crippen LogP contribution in [0.1, 0.15) is 27.3 Å². The SMILES string of the molecule is COC(=O)c1c(C)[nH]c(C)c1CC(N)C(=O)OC. The summed E-state index contributed by atoms with van der Waals surface area (Å²) in [5, 5.41) is 0. The van der Waals surface area contributed by atoms with E-state index in [1.807, 2.05) is 6.92 Å². The van der Waals surface area contributed by atoms with Gasteiger partial charge in [-0.05, 0) is 19.4 Å². The van der Waals surface area contributed by atoms with Crippen LogP contribution in [-0.2, 0) is 20.7 Å². The van der Waals surface area contributed by atoms with E-state index < -0.39 is 18.0 Å². The third kappa shape index (κ3) is 2.70. The van der Waals surface area contributed by atoms with Crippen LogP contribution < -0.4 is 5.73 Å². The van der Waals surface area contributed by atoms with Gasteiger partial charge < -0.3 is 20.2 Å². The van der Waals surface area contributed by atoms with Crippen LogP contribution in [0.4, 0.5) is 0 Å². The van der Waals surface area contributed by atoms with Crippen molar-refractivity contribution in [2.45, 2.75) is 26.3 Å². The topological polar surface area (TPSA) is 94.4 Å². The molecular formula is C12H18N2O4. The number of nitrogens with one attached hydrogen (secondary N) is 1. The maximum absolute atomic E-state index is 11.7. The van der Waals surface area contributed by atoms with E-state index >= 15 is 0 Å². The van der Waals surface area contributed by atoms with Crippen LogP contribution in [0, 0.1) is 13.8 Å². The molecule has 0 aliphatic carbocycles. The first-order valence-corrected chi connectivity index (χ1v) is 5.52. The Bertz CT molecular complexity index is 465. The third-order valence-corrected chi connectivity index (χ3v) is 2.82. The highest BCUT2D eigenvalue weighted by atomic mass is 16.5. The molecule has 0 saturated heterocycles. The number of carbonyl (C=O) groups is 2. The summed E-state index contributed by atoms with van der Waals surface area (Å²) in [5.74, 6) is -0.951. The van der Waals surface area contributed by atoms with Gasteiger partial charge in [0.25, 0.3) is 0 Å². The zero-order valence-electron chi connectivity index (χ0n) is 11.0. The van der Waals surface area contributed by atoms with Crippen LogP contribution in [0.15, 0.2) is 0 Å². The lowest BCUT2D eigenvalue weighted by Crippen LogP contribution is -2.34. The molecule has 6 nitrogen and oxygen atoms in total. The smallest absolute Gasteiger partial charge is 0.339 e. The van der Waals surface area contributed by atoms with Gasteiger partial charge in [-0.1, -0.05) is 0 Å². The molecule has 1 heterocycles. The van der Waals surface area contributed by atoms with Crippen molar-refractivity contribution in [2.75, 3.05) is 14.2 Å². The van der Waals surface area contributed by atoms with Gasteiger partial charge in [0.1, 0.15) is 6.04 Å². The van der Waals surface area contributed by atoms with Crippen molar-refractivity contribution < 1.29 is 19.1 Å². The number of ether oxygens (including phenoxy) is 2. The number of hydrogen-bond donors (Lipinski definition) is 2. The summed E-state index contributed by atoms with van der Waals surface area (Å²) >= 11 is 0. The second kappa shape index (κ2) is 5.68. The quantitative estimate of drug-likeness (QED) is 0.761. The van der Waals surface area contributed by atoms with Crippen molar-refractivity contribution in [1.82, 2.24) is 4.98 Å². The predicted octanol–water partition coefficient (Wildman–Crippen LogP) is 0.461. The van der Waals surface area contributed by atoms with Gasteiger partial charge in [-0.15, -0.1) is 0 Å². The van der Waals surface area contributed by atoms with Crippen molar-refractivity contribution >= 4 is 11.9 Å². The zero-order chi connectivity index (χ0) is 13.9. The number of aromatic nitrogens is 1. The molecule has 100 valence electrons. The average Bonchev–Trinajstić information content (AvgIpc) is 2.62. The molecule has 0 spiro atoms. The lowest BCUT2D eigenvalue weighted by atomic mass is 10.0. The fraction of sp³-hybridized carbons (Fsp3) is 0.500. The maximum Gasteiger partial charge on any atom is 0.339 e. The summed E-state index contributed by atoms with van der Waals surface area (Å²) in [4.78, 5) is 26.0. The Morgan fingerprint density at radius 2 is 1.83 bits per heavy atom. The van der Waals surface area contributed by atoms with Crippen LogP contribution in [-0.4, -0.2) is 37.2 Å². The summed E-state index contributed by atoms with van der Waals surface area (Å²) < 4.78 is 9.29. The Morgan fingerprint density at radius 3 is 2.33 bits per heavy atom. The highest BCUT2D eigenvalue weighted by Crippen LogP contribution is 2.20. The lowest BCUT2D eigenvalue weighted by molar-refractivity contribution is -0.142. The first-order chi connectivity index (χ1) is 8.42. The molecule has 3 N–H and O–H groups in total. The normalized spacial score (nSPS) is 12.1. The number of aryl methyl sites for hydroxylation is 2. The van der Waals surface area contributed by atoms with Gasteiger partial charge in [0.2, 0.25) is 0 Å². The van der Waals surface area contributed by atoms with E-state index in [4.69, 9.17) is 10.5 Å². The van der Waals surface area contributed by atoms with Crippen LogP contribution in [0.5, 0.6) is 0 Å². The van der Waals surface area contributed by atoms with E-state index in [-0.39, 0.29) is 6.42 Å². The standard InChI is InChI=1S/C12H18N2O4/c1-6-8(5-9(13)11(15)17-3)10(7(2)14-6)12(16)18-4/h9,14H,5,13H2,1-4H3. The van der Waals surface area contributed by atoms with E-state index in [1.165, 1.54) is 14.2 Å². The molecule has 0 radical (unpaired) electrons. The number of H-pyrrole nitrogens is 1. The van der Waals surface area contributed by atoms with Gasteiger partial charge in [0, 0.05) is 17.8 Å².